The van der Waals surface area contributed by atoms with Gasteiger partial charge >= 0.3 is 12.1 Å². The number of urea groups is 1. The lowest BCUT2D eigenvalue weighted by molar-refractivity contribution is -0.137. The lowest BCUT2D eigenvalue weighted by atomic mass is 9.69. The van der Waals surface area contributed by atoms with Crippen LogP contribution in [0, 0.1) is 29.6 Å². The van der Waals surface area contributed by atoms with Crippen molar-refractivity contribution in [1.82, 2.24) is 26.2 Å². The van der Waals surface area contributed by atoms with Gasteiger partial charge in [-0.05, 0) is 86.2 Å². The molecule has 8 rings (SSSR count). The molecule has 0 aromatic heterocycles. The Morgan fingerprint density at radius 3 is 2.22 bits per heavy atom. The monoisotopic (exact) mass is 1070 g/mol. The molecular weight excluding hydrogens is 1010 g/mol. The van der Waals surface area contributed by atoms with Crippen LogP contribution in [-0.2, 0) is 45.7 Å². The van der Waals surface area contributed by atoms with E-state index in [9.17, 15) is 58.5 Å². The second-order valence-corrected chi connectivity index (χ2v) is 19.3. The zero-order chi connectivity index (χ0) is 56.1. The standard InChI is InChI=1S/C55H57N9O14/c1-29(2)46(63-41(68)13-9-25-64-42(69)20-21-43(64)70)51(74)61-37(10-8-22-58-52(56)75)50(73)60-32-16-14-31(15-17-32)28-77-53(76)59-24-23-57-33-18-19-34-35(26-33)49(72)44-38(66)27-36-47(45(44)48(34)71)62-39-11-6-4-5-7-12-40(67)55(36)54(39,78-55)30(3)65/h4-5,14-21,26-27,29-30,37,39-40,46,57,62,65-67H,8-10,13,22-25,28H2,1-3H3,(H,59,76)(H,60,73)(H,61,74)(H,63,68)(H3,56,58,75)/b5-4-/t30-,37+,39+,40-,46+,54+,55+/m1/s1. The molecule has 2 aliphatic carbocycles. The summed E-state index contributed by atoms with van der Waals surface area (Å²) in [4.78, 5) is 117. The maximum absolute atomic E-state index is 14.3. The van der Waals surface area contributed by atoms with E-state index in [-0.39, 0.29) is 92.0 Å². The van der Waals surface area contributed by atoms with Crippen LogP contribution < -0.4 is 43.0 Å². The third kappa shape index (κ3) is 11.1. The molecule has 1 saturated heterocycles. The van der Waals surface area contributed by atoms with Gasteiger partial charge in [0.25, 0.3) is 11.8 Å². The normalized spacial score (nSPS) is 21.4. The number of primary amides is 1. The average molecular weight is 1070 g/mol. The molecule has 0 radical (unpaired) electrons. The predicted molar refractivity (Wildman–Crippen MR) is 279 cm³/mol. The lowest BCUT2D eigenvalue weighted by Gasteiger charge is -2.37. The van der Waals surface area contributed by atoms with E-state index in [4.69, 9.17) is 15.2 Å². The van der Waals surface area contributed by atoms with Gasteiger partial charge in [-0.15, -0.1) is 0 Å². The Morgan fingerprint density at radius 2 is 1.53 bits per heavy atom. The van der Waals surface area contributed by atoms with Crippen LogP contribution in [0.2, 0.25) is 0 Å². The summed E-state index contributed by atoms with van der Waals surface area (Å²) in [5.74, 6) is 6.40. The molecule has 7 atom stereocenters. The summed E-state index contributed by atoms with van der Waals surface area (Å²) in [7, 11) is 0. The van der Waals surface area contributed by atoms with Gasteiger partial charge in [-0.25, -0.2) is 9.59 Å². The highest BCUT2D eigenvalue weighted by Gasteiger charge is 2.82. The van der Waals surface area contributed by atoms with Crippen molar-refractivity contribution >= 4 is 70.3 Å². The van der Waals surface area contributed by atoms with Gasteiger partial charge in [0.2, 0.25) is 17.7 Å². The van der Waals surface area contributed by atoms with E-state index in [2.05, 4.69) is 60.9 Å². The smallest absolute Gasteiger partial charge is 0.407 e. The summed E-state index contributed by atoms with van der Waals surface area (Å²) in [6.07, 6.45) is 2.20. The number of benzene rings is 3. The number of nitrogens with one attached hydrogen (secondary N) is 7. The molecule has 8 amide bonds. The fraction of sp³-hybridized carbons (Fsp3) is 0.364. The van der Waals surface area contributed by atoms with Gasteiger partial charge < -0.3 is 67.7 Å². The second-order valence-electron chi connectivity index (χ2n) is 19.3. The third-order valence-electron chi connectivity index (χ3n) is 13.8. The van der Waals surface area contributed by atoms with Crippen molar-refractivity contribution in [2.75, 3.05) is 42.1 Å². The van der Waals surface area contributed by atoms with E-state index in [0.29, 0.717) is 16.9 Å². The predicted octanol–water partition coefficient (Wildman–Crippen LogP) is 1.30. The van der Waals surface area contributed by atoms with Gasteiger partial charge in [-0.3, -0.25) is 38.5 Å². The first-order valence-electron chi connectivity index (χ1n) is 25.1. The van der Waals surface area contributed by atoms with Gasteiger partial charge in [0.05, 0.1) is 22.9 Å². The van der Waals surface area contributed by atoms with Crippen LogP contribution in [0.15, 0.2) is 72.8 Å². The quantitative estimate of drug-likeness (QED) is 0.0184. The number of aromatic hydroxyl groups is 1. The Bertz CT molecular complexity index is 3170. The molecule has 78 heavy (non-hydrogen) atoms. The van der Waals surface area contributed by atoms with Crippen molar-refractivity contribution in [3.63, 3.8) is 0 Å². The molecule has 2 bridgehead atoms. The highest BCUT2D eigenvalue weighted by atomic mass is 16.7. The highest BCUT2D eigenvalue weighted by Crippen LogP contribution is 2.67. The maximum Gasteiger partial charge on any atom is 0.407 e. The topological polar surface area (TPSA) is 350 Å². The number of carbonyl (C=O) groups excluding carboxylic acids is 9. The zero-order valence-electron chi connectivity index (χ0n) is 42.6. The van der Waals surface area contributed by atoms with Crippen LogP contribution in [-0.4, -0.2) is 136 Å². The minimum Gasteiger partial charge on any atom is -0.507 e. The average Bonchev–Trinajstić information content (AvgIpc) is 3.44. The number of fused-ring (bicyclic) bond motifs is 4. The van der Waals surface area contributed by atoms with Crippen molar-refractivity contribution in [3.8, 4) is 29.4 Å². The van der Waals surface area contributed by atoms with Gasteiger partial charge in [0.1, 0.15) is 30.5 Å². The number of ketones is 2. The van der Waals surface area contributed by atoms with Crippen LogP contribution in [0.3, 0.4) is 0 Å². The number of aliphatic hydroxyl groups excluding tert-OH is 2. The first-order chi connectivity index (χ1) is 37.3. The number of nitrogens with zero attached hydrogens (tertiary/aromatic N) is 1. The minimum atomic E-state index is -1.70. The molecule has 5 aliphatic rings. The number of nitrogens with two attached hydrogens (primary N) is 1. The molecule has 406 valence electrons. The lowest BCUT2D eigenvalue weighted by Crippen LogP contribution is -2.54. The molecule has 1 fully saturated rings. The van der Waals surface area contributed by atoms with E-state index in [1.807, 2.05) is 0 Å². The molecule has 12 N–H and O–H groups in total. The Balaban J connectivity index is 0.821. The van der Waals surface area contributed by atoms with Gasteiger partial charge in [0, 0.05) is 72.8 Å². The molecule has 3 heterocycles. The molecule has 23 heteroatoms. The van der Waals surface area contributed by atoms with E-state index >= 15 is 0 Å². The Hall–Kier alpha value is -9.03. The number of phenols is 1. The molecule has 0 unspecified atom stereocenters. The number of aliphatic hydroxyl groups is 2. The number of epoxide rings is 1. The van der Waals surface area contributed by atoms with Crippen molar-refractivity contribution in [1.29, 1.82) is 0 Å². The Labute approximate surface area is 447 Å². The summed E-state index contributed by atoms with van der Waals surface area (Å²) in [5.41, 5.74) is 3.25. The first-order valence-corrected chi connectivity index (χ1v) is 25.1. The molecule has 0 saturated carbocycles. The zero-order valence-corrected chi connectivity index (χ0v) is 42.6. The number of ether oxygens (including phenoxy) is 2. The first kappa shape index (κ1) is 55.2. The third-order valence-corrected chi connectivity index (χ3v) is 13.8. The number of allylic oxidation sites excluding steroid dienone is 2. The largest absolute Gasteiger partial charge is 0.507 e. The van der Waals surface area contributed by atoms with Crippen molar-refractivity contribution in [2.24, 2.45) is 11.7 Å². The fourth-order valence-electron chi connectivity index (χ4n) is 9.91. The maximum atomic E-state index is 14.3. The number of phenolic OH excluding ortho intramolecular Hbond substituents is 1. The molecule has 0 spiro atoms. The van der Waals surface area contributed by atoms with E-state index in [1.54, 1.807) is 44.2 Å². The van der Waals surface area contributed by atoms with E-state index in [1.165, 1.54) is 37.3 Å². The van der Waals surface area contributed by atoms with Crippen LogP contribution in [0.5, 0.6) is 5.75 Å². The number of carbonyl (C=O) groups is 9. The second kappa shape index (κ2) is 23.1. The fourth-order valence-corrected chi connectivity index (χ4v) is 9.91. The number of alkyl carbamates (subject to hydrolysis) is 1. The van der Waals surface area contributed by atoms with Crippen LogP contribution >= 0.6 is 0 Å². The number of hydrogen-bond donors (Lipinski definition) is 11. The van der Waals surface area contributed by atoms with Crippen molar-refractivity contribution in [3.05, 3.63) is 106 Å². The molecule has 3 aromatic rings. The van der Waals surface area contributed by atoms with Crippen molar-refractivity contribution in [2.45, 2.75) is 94.6 Å². The summed E-state index contributed by atoms with van der Waals surface area (Å²) in [6.45, 7) is 5.15. The van der Waals surface area contributed by atoms with Gasteiger partial charge in [-0.1, -0.05) is 49.7 Å². The van der Waals surface area contributed by atoms with Crippen LogP contribution in [0.4, 0.5) is 26.7 Å². The highest BCUT2D eigenvalue weighted by molar-refractivity contribution is 6.31. The van der Waals surface area contributed by atoms with E-state index < -0.39 is 106 Å². The number of imide groups is 1. The molecule has 23 nitrogen and oxygen atoms in total. The van der Waals surface area contributed by atoms with Crippen LogP contribution in [0.1, 0.15) is 89.4 Å². The number of rotatable bonds is 21. The molecule has 3 aliphatic heterocycles. The van der Waals surface area contributed by atoms with Crippen molar-refractivity contribution < 1.29 is 67.9 Å². The van der Waals surface area contributed by atoms with Gasteiger partial charge in [-0.2, -0.15) is 0 Å². The Kier molecular flexibility index (Phi) is 16.3. The molecular formula is C55H57N9O14. The van der Waals surface area contributed by atoms with Crippen LogP contribution in [0.25, 0.3) is 0 Å². The van der Waals surface area contributed by atoms with E-state index in [0.717, 1.165) is 17.1 Å². The number of hydrogen-bond acceptors (Lipinski definition) is 16. The number of amides is 8. The number of anilines is 3. The summed E-state index contributed by atoms with van der Waals surface area (Å²) in [5, 5.41) is 53.3. The SMILES string of the molecule is CC(C)[C@H](NC(=O)CCCN1C(=O)C=CC1=O)C(=O)N[C@@H](CCCNC(N)=O)C(=O)Nc1ccc(COC(=O)NCCNc2ccc3c(c2)C(=O)c2c(O)cc4c(c2C3=O)N[C@H]2C#C/C=C\C#C[C@@H](O)[C@@]43O[C@@]23[C@@H](C)O)cc1. The molecule has 3 aromatic carbocycles. The Morgan fingerprint density at radius 1 is 0.833 bits per heavy atom. The minimum absolute atomic E-state index is 0.0131. The summed E-state index contributed by atoms with van der Waals surface area (Å²) >= 11 is 0. The van der Waals surface area contributed by atoms with Gasteiger partial charge in [0.15, 0.2) is 28.9 Å². The summed E-state index contributed by atoms with van der Waals surface area (Å²) in [6, 6.07) is 8.24. The summed E-state index contributed by atoms with van der Waals surface area (Å²) < 4.78 is 11.6.